The van der Waals surface area contributed by atoms with E-state index in [4.69, 9.17) is 4.74 Å². The molecule has 0 unspecified atom stereocenters. The molecule has 0 aliphatic heterocycles. The van der Waals surface area contributed by atoms with Crippen LogP contribution >= 0.6 is 0 Å². The van der Waals surface area contributed by atoms with Crippen LogP contribution < -0.4 is 15.4 Å². The van der Waals surface area contributed by atoms with Gasteiger partial charge in [-0.3, -0.25) is 9.78 Å². The Hall–Kier alpha value is -3.48. The summed E-state index contributed by atoms with van der Waals surface area (Å²) < 4.78 is 31.6. The fraction of sp³-hybridized carbons (Fsp3) is 0.100. The number of carbonyl (C=O) groups excluding carboxylic acids is 1. The topological polar surface area (TPSA) is 63.2 Å². The summed E-state index contributed by atoms with van der Waals surface area (Å²) in [5.41, 5.74) is 1.84. The van der Waals surface area contributed by atoms with Crippen LogP contribution in [-0.2, 0) is 0 Å². The zero-order valence-electron chi connectivity index (χ0n) is 14.5. The minimum atomic E-state index is -1.03. The van der Waals surface area contributed by atoms with Gasteiger partial charge in [0.05, 0.1) is 24.1 Å². The Bertz CT molecular complexity index is 946. The van der Waals surface area contributed by atoms with Gasteiger partial charge in [0, 0.05) is 23.6 Å². The van der Waals surface area contributed by atoms with Crippen molar-refractivity contribution < 1.29 is 18.3 Å². The number of benzene rings is 2. The lowest BCUT2D eigenvalue weighted by Crippen LogP contribution is -2.12. The largest absolute Gasteiger partial charge is 0.494 e. The molecule has 0 aliphatic carbocycles. The molecule has 0 bridgehead atoms. The first-order chi connectivity index (χ1) is 13.0. The summed E-state index contributed by atoms with van der Waals surface area (Å²) in [4.78, 5) is 16.4. The van der Waals surface area contributed by atoms with E-state index >= 15 is 0 Å². The number of aromatic nitrogens is 1. The molecule has 0 atom stereocenters. The van der Waals surface area contributed by atoms with E-state index in [1.807, 2.05) is 31.2 Å². The number of halogens is 2. The first-order valence-corrected chi connectivity index (χ1v) is 8.26. The van der Waals surface area contributed by atoms with Crippen LogP contribution in [0.25, 0.3) is 0 Å². The molecule has 3 rings (SSSR count). The molecule has 2 aromatic carbocycles. The van der Waals surface area contributed by atoms with E-state index in [9.17, 15) is 13.6 Å². The Morgan fingerprint density at radius 1 is 0.963 bits per heavy atom. The van der Waals surface area contributed by atoms with Crippen LogP contribution in [0, 0.1) is 11.6 Å². The van der Waals surface area contributed by atoms with Crippen molar-refractivity contribution in [2.24, 2.45) is 0 Å². The number of rotatable bonds is 6. The van der Waals surface area contributed by atoms with Gasteiger partial charge in [-0.05, 0) is 49.4 Å². The molecule has 0 spiro atoms. The summed E-state index contributed by atoms with van der Waals surface area (Å²) in [6.07, 6.45) is 2.96. The maximum Gasteiger partial charge on any atom is 0.257 e. The number of nitrogens with zero attached hydrogens (tertiary/aromatic N) is 1. The Kier molecular flexibility index (Phi) is 5.61. The predicted molar refractivity (Wildman–Crippen MR) is 99.4 cm³/mol. The molecule has 0 fully saturated rings. The third-order valence-corrected chi connectivity index (χ3v) is 3.63. The molecule has 1 amide bonds. The molecule has 0 saturated carbocycles. The first kappa shape index (κ1) is 18.3. The lowest BCUT2D eigenvalue weighted by atomic mass is 10.2. The Morgan fingerprint density at radius 2 is 1.70 bits per heavy atom. The average molecular weight is 369 g/mol. The number of hydrogen-bond acceptors (Lipinski definition) is 4. The molecule has 2 N–H and O–H groups in total. The lowest BCUT2D eigenvalue weighted by molar-refractivity contribution is 0.102. The van der Waals surface area contributed by atoms with E-state index < -0.39 is 17.5 Å². The van der Waals surface area contributed by atoms with Crippen molar-refractivity contribution in [1.82, 2.24) is 4.98 Å². The van der Waals surface area contributed by atoms with E-state index in [1.54, 1.807) is 12.3 Å². The van der Waals surface area contributed by atoms with Crippen molar-refractivity contribution in [3.05, 3.63) is 78.1 Å². The third-order valence-electron chi connectivity index (χ3n) is 3.63. The number of carbonyl (C=O) groups is 1. The normalized spacial score (nSPS) is 10.3. The second-order valence-corrected chi connectivity index (χ2v) is 5.63. The van der Waals surface area contributed by atoms with Crippen LogP contribution in [0.4, 0.5) is 25.8 Å². The molecule has 7 heteroatoms. The number of nitrogens with one attached hydrogen (secondary N) is 2. The van der Waals surface area contributed by atoms with Gasteiger partial charge in [-0.1, -0.05) is 0 Å². The second-order valence-electron chi connectivity index (χ2n) is 5.63. The molecule has 0 radical (unpaired) electrons. The maximum atomic E-state index is 13.3. The van der Waals surface area contributed by atoms with Gasteiger partial charge in [-0.25, -0.2) is 8.78 Å². The van der Waals surface area contributed by atoms with Crippen LogP contribution in [0.2, 0.25) is 0 Å². The molecular weight excluding hydrogens is 352 g/mol. The highest BCUT2D eigenvalue weighted by Gasteiger charge is 2.10. The number of hydrogen-bond donors (Lipinski definition) is 2. The zero-order chi connectivity index (χ0) is 19.2. The number of pyridine rings is 1. The number of anilines is 3. The molecule has 27 heavy (non-hydrogen) atoms. The minimum absolute atomic E-state index is 0.156. The quantitative estimate of drug-likeness (QED) is 0.658. The predicted octanol–water partition coefficient (Wildman–Crippen LogP) is 4.75. The van der Waals surface area contributed by atoms with E-state index in [0.29, 0.717) is 12.3 Å². The smallest absolute Gasteiger partial charge is 0.257 e. The summed E-state index contributed by atoms with van der Waals surface area (Å²) in [7, 11) is 0. The van der Waals surface area contributed by atoms with Crippen LogP contribution in [0.3, 0.4) is 0 Å². The van der Waals surface area contributed by atoms with Gasteiger partial charge >= 0.3 is 0 Å². The average Bonchev–Trinajstić information content (AvgIpc) is 2.67. The molecule has 0 saturated heterocycles. The van der Waals surface area contributed by atoms with Gasteiger partial charge < -0.3 is 15.4 Å². The highest BCUT2D eigenvalue weighted by atomic mass is 19.2. The fourth-order valence-electron chi connectivity index (χ4n) is 2.38. The van der Waals surface area contributed by atoms with Crippen LogP contribution in [-0.4, -0.2) is 17.5 Å². The number of amides is 1. The molecule has 5 nitrogen and oxygen atoms in total. The fourth-order valence-corrected chi connectivity index (χ4v) is 2.38. The van der Waals surface area contributed by atoms with Crippen LogP contribution in [0.1, 0.15) is 17.3 Å². The van der Waals surface area contributed by atoms with Crippen molar-refractivity contribution in [3.8, 4) is 5.75 Å². The van der Waals surface area contributed by atoms with Gasteiger partial charge in [0.15, 0.2) is 11.6 Å². The summed E-state index contributed by atoms with van der Waals surface area (Å²) in [5.74, 6) is -1.72. The van der Waals surface area contributed by atoms with Crippen LogP contribution in [0.5, 0.6) is 5.75 Å². The second kappa shape index (κ2) is 8.27. The SMILES string of the molecule is CCOc1ccc(Nc2cncc(C(=O)Nc3ccc(F)c(F)c3)c2)cc1. The number of ether oxygens (including phenoxy) is 1. The monoisotopic (exact) mass is 369 g/mol. The third kappa shape index (κ3) is 4.78. The Morgan fingerprint density at radius 3 is 2.41 bits per heavy atom. The molecule has 138 valence electrons. The van der Waals surface area contributed by atoms with Gasteiger partial charge in [-0.15, -0.1) is 0 Å². The summed E-state index contributed by atoms with van der Waals surface area (Å²) in [6, 6.07) is 12.1. The van der Waals surface area contributed by atoms with E-state index in [0.717, 1.165) is 23.6 Å². The van der Waals surface area contributed by atoms with E-state index in [-0.39, 0.29) is 11.3 Å². The van der Waals surface area contributed by atoms with E-state index in [2.05, 4.69) is 15.6 Å². The molecule has 1 aromatic heterocycles. The summed E-state index contributed by atoms with van der Waals surface area (Å²) in [5, 5.41) is 5.65. The highest BCUT2D eigenvalue weighted by molar-refractivity contribution is 6.04. The lowest BCUT2D eigenvalue weighted by Gasteiger charge is -2.10. The minimum Gasteiger partial charge on any atom is -0.494 e. The van der Waals surface area contributed by atoms with E-state index in [1.165, 1.54) is 12.3 Å². The van der Waals surface area contributed by atoms with Gasteiger partial charge in [0.2, 0.25) is 0 Å². The molecule has 1 heterocycles. The zero-order valence-corrected chi connectivity index (χ0v) is 14.5. The van der Waals surface area contributed by atoms with Crippen molar-refractivity contribution in [2.45, 2.75) is 6.92 Å². The van der Waals surface area contributed by atoms with Crippen LogP contribution in [0.15, 0.2) is 60.9 Å². The highest BCUT2D eigenvalue weighted by Crippen LogP contribution is 2.21. The van der Waals surface area contributed by atoms with Crippen molar-refractivity contribution in [2.75, 3.05) is 17.2 Å². The summed E-state index contributed by atoms with van der Waals surface area (Å²) in [6.45, 7) is 2.50. The van der Waals surface area contributed by atoms with Gasteiger partial charge in [0.25, 0.3) is 5.91 Å². The van der Waals surface area contributed by atoms with Crippen molar-refractivity contribution in [1.29, 1.82) is 0 Å². The summed E-state index contributed by atoms with van der Waals surface area (Å²) >= 11 is 0. The molecule has 0 aliphatic rings. The van der Waals surface area contributed by atoms with Crippen molar-refractivity contribution >= 4 is 23.0 Å². The van der Waals surface area contributed by atoms with Crippen molar-refractivity contribution in [3.63, 3.8) is 0 Å². The first-order valence-electron chi connectivity index (χ1n) is 8.26. The Balaban J connectivity index is 1.70. The van der Waals surface area contributed by atoms with Gasteiger partial charge in [-0.2, -0.15) is 0 Å². The van der Waals surface area contributed by atoms with Gasteiger partial charge in [0.1, 0.15) is 5.75 Å². The standard InChI is InChI=1S/C20H17F2N3O2/c1-2-27-17-6-3-14(4-7-17)24-16-9-13(11-23-12-16)20(26)25-15-5-8-18(21)19(22)10-15/h3-12,24H,2H2,1H3,(H,25,26). The maximum absolute atomic E-state index is 13.3. The molecular formula is C20H17F2N3O2. The molecule has 3 aromatic rings. The Labute approximate surface area is 155 Å².